The number of hydrogen-bond donors (Lipinski definition) is 1. The molecule has 0 bridgehead atoms. The van der Waals surface area contributed by atoms with E-state index in [1.807, 2.05) is 0 Å². The average Bonchev–Trinajstić information content (AvgIpc) is 2.68. The van der Waals surface area contributed by atoms with Gasteiger partial charge >= 0.3 is 0 Å². The molecule has 0 heterocycles. The highest BCUT2D eigenvalue weighted by Gasteiger charge is 2.37. The van der Waals surface area contributed by atoms with Crippen LogP contribution in [0.25, 0.3) is 0 Å². The summed E-state index contributed by atoms with van der Waals surface area (Å²) in [4.78, 5) is 26.1. The quantitative estimate of drug-likeness (QED) is 0.672. The molecule has 2 amide bonds. The lowest BCUT2D eigenvalue weighted by atomic mass is 9.91. The van der Waals surface area contributed by atoms with Crippen LogP contribution in [0, 0.1) is 5.82 Å². The number of carbonyl (C=O) groups is 2. The molecule has 1 atom stereocenters. The van der Waals surface area contributed by atoms with Crippen LogP contribution in [-0.2, 0) is 9.59 Å². The SMILES string of the molecule is O=CN(c1cccc(F)c1)[C@H](C(=O)NC1CCC(F)(F)CC1)c1ccccc1Cl. The lowest BCUT2D eigenvalue weighted by molar-refractivity contribution is -0.125. The van der Waals surface area contributed by atoms with Gasteiger partial charge in [0.25, 0.3) is 0 Å². The standard InChI is InChI=1S/C21H20ClF3N2O2/c22-18-7-2-1-6-17(18)19(27(13-28)16-5-3-4-14(23)12-16)20(29)26-15-8-10-21(24,25)11-9-15/h1-7,12-13,15,19H,8-11H2,(H,26,29)/t19-/m0/s1. The van der Waals surface area contributed by atoms with Crippen molar-refractivity contribution in [1.29, 1.82) is 0 Å². The number of anilines is 1. The van der Waals surface area contributed by atoms with E-state index in [9.17, 15) is 22.8 Å². The monoisotopic (exact) mass is 424 g/mol. The minimum atomic E-state index is -2.72. The molecule has 1 aliphatic carbocycles. The molecular weight excluding hydrogens is 405 g/mol. The van der Waals surface area contributed by atoms with Crippen LogP contribution in [-0.4, -0.2) is 24.3 Å². The third kappa shape index (κ3) is 5.09. The van der Waals surface area contributed by atoms with E-state index in [0.29, 0.717) is 12.0 Å². The molecule has 154 valence electrons. The molecule has 1 N–H and O–H groups in total. The zero-order valence-corrected chi connectivity index (χ0v) is 16.2. The summed E-state index contributed by atoms with van der Waals surface area (Å²) in [6.07, 6.45) is 0.0768. The number of nitrogens with zero attached hydrogens (tertiary/aromatic N) is 1. The lowest BCUT2D eigenvalue weighted by Gasteiger charge is -2.33. The third-order valence-corrected chi connectivity index (χ3v) is 5.35. The molecule has 8 heteroatoms. The maximum absolute atomic E-state index is 13.7. The summed E-state index contributed by atoms with van der Waals surface area (Å²) >= 11 is 6.27. The van der Waals surface area contributed by atoms with Crippen LogP contribution in [0.2, 0.25) is 5.02 Å². The first-order chi connectivity index (χ1) is 13.8. The summed E-state index contributed by atoms with van der Waals surface area (Å²) in [5.41, 5.74) is 0.527. The Hall–Kier alpha value is -2.54. The molecule has 0 aliphatic heterocycles. The van der Waals surface area contributed by atoms with Crippen LogP contribution >= 0.6 is 11.6 Å². The molecule has 0 aromatic heterocycles. The Balaban J connectivity index is 1.92. The largest absolute Gasteiger partial charge is 0.351 e. The van der Waals surface area contributed by atoms with Gasteiger partial charge in [-0.2, -0.15) is 0 Å². The Morgan fingerprint density at radius 2 is 1.86 bits per heavy atom. The molecule has 0 saturated heterocycles. The third-order valence-electron chi connectivity index (χ3n) is 5.01. The summed E-state index contributed by atoms with van der Waals surface area (Å²) in [6, 6.07) is 10.2. The van der Waals surface area contributed by atoms with E-state index in [0.717, 1.165) is 11.0 Å². The Labute approximate surface area is 171 Å². The number of alkyl halides is 2. The Kier molecular flexibility index (Phi) is 6.47. The van der Waals surface area contributed by atoms with E-state index in [1.165, 1.54) is 18.2 Å². The second-order valence-corrected chi connectivity index (χ2v) is 7.46. The van der Waals surface area contributed by atoms with Crippen molar-refractivity contribution in [1.82, 2.24) is 5.32 Å². The fourth-order valence-electron chi connectivity index (χ4n) is 3.49. The van der Waals surface area contributed by atoms with E-state index >= 15 is 0 Å². The molecule has 3 rings (SSSR count). The van der Waals surface area contributed by atoms with E-state index in [-0.39, 0.29) is 36.4 Å². The number of rotatable bonds is 6. The predicted octanol–water partition coefficient (Wildman–Crippen LogP) is 4.88. The fraction of sp³-hybridized carbons (Fsp3) is 0.333. The number of carbonyl (C=O) groups excluding carboxylic acids is 2. The van der Waals surface area contributed by atoms with Crippen molar-refractivity contribution in [2.45, 2.75) is 43.7 Å². The Bertz CT molecular complexity index is 884. The molecule has 0 unspecified atom stereocenters. The lowest BCUT2D eigenvalue weighted by Crippen LogP contribution is -2.46. The van der Waals surface area contributed by atoms with Gasteiger partial charge < -0.3 is 5.32 Å². The highest BCUT2D eigenvalue weighted by atomic mass is 35.5. The topological polar surface area (TPSA) is 49.4 Å². The number of halogens is 4. The minimum Gasteiger partial charge on any atom is -0.351 e. The average molecular weight is 425 g/mol. The highest BCUT2D eigenvalue weighted by molar-refractivity contribution is 6.31. The number of benzene rings is 2. The van der Waals surface area contributed by atoms with Crippen LogP contribution in [0.4, 0.5) is 18.9 Å². The molecule has 2 aromatic rings. The minimum absolute atomic E-state index is 0.134. The molecule has 4 nitrogen and oxygen atoms in total. The van der Waals surface area contributed by atoms with Gasteiger partial charge in [0.2, 0.25) is 18.2 Å². The van der Waals surface area contributed by atoms with E-state index < -0.39 is 29.7 Å². The highest BCUT2D eigenvalue weighted by Crippen LogP contribution is 2.35. The van der Waals surface area contributed by atoms with Crippen LogP contribution < -0.4 is 10.2 Å². The van der Waals surface area contributed by atoms with Gasteiger partial charge in [0.15, 0.2) is 0 Å². The van der Waals surface area contributed by atoms with Crippen LogP contribution in [0.1, 0.15) is 37.3 Å². The molecule has 2 aromatic carbocycles. The van der Waals surface area contributed by atoms with Gasteiger partial charge in [-0.1, -0.05) is 35.9 Å². The van der Waals surface area contributed by atoms with Crippen molar-refractivity contribution in [3.8, 4) is 0 Å². The molecule has 29 heavy (non-hydrogen) atoms. The number of hydrogen-bond acceptors (Lipinski definition) is 2. The fourth-order valence-corrected chi connectivity index (χ4v) is 3.73. The molecule has 0 spiro atoms. The normalized spacial score (nSPS) is 17.4. The second kappa shape index (κ2) is 8.86. The Morgan fingerprint density at radius 1 is 1.17 bits per heavy atom. The van der Waals surface area contributed by atoms with Gasteiger partial charge in [-0.25, -0.2) is 13.2 Å². The molecule has 0 radical (unpaired) electrons. The molecule has 1 aliphatic rings. The van der Waals surface area contributed by atoms with Crippen molar-refractivity contribution < 1.29 is 22.8 Å². The van der Waals surface area contributed by atoms with Crippen molar-refractivity contribution in [2.24, 2.45) is 0 Å². The summed E-state index contributed by atoms with van der Waals surface area (Å²) in [6.45, 7) is 0. The van der Waals surface area contributed by atoms with E-state index in [4.69, 9.17) is 11.6 Å². The molecular formula is C21H20ClF3N2O2. The molecule has 1 saturated carbocycles. The predicted molar refractivity (Wildman–Crippen MR) is 104 cm³/mol. The van der Waals surface area contributed by atoms with Gasteiger partial charge in [0.05, 0.1) is 0 Å². The van der Waals surface area contributed by atoms with Gasteiger partial charge in [-0.05, 0) is 37.1 Å². The van der Waals surface area contributed by atoms with Gasteiger partial charge in [0.1, 0.15) is 11.9 Å². The first-order valence-corrected chi connectivity index (χ1v) is 9.60. The van der Waals surface area contributed by atoms with Crippen molar-refractivity contribution in [2.75, 3.05) is 4.90 Å². The van der Waals surface area contributed by atoms with Crippen molar-refractivity contribution >= 4 is 29.6 Å². The van der Waals surface area contributed by atoms with Crippen LogP contribution in [0.3, 0.4) is 0 Å². The van der Waals surface area contributed by atoms with E-state index in [2.05, 4.69) is 5.32 Å². The first kappa shape index (κ1) is 21.2. The van der Waals surface area contributed by atoms with Gasteiger partial charge in [0, 0.05) is 35.2 Å². The molecule has 1 fully saturated rings. The van der Waals surface area contributed by atoms with E-state index in [1.54, 1.807) is 24.3 Å². The number of amides is 2. The summed E-state index contributed by atoms with van der Waals surface area (Å²) in [5, 5.41) is 3.01. The maximum atomic E-state index is 13.7. The van der Waals surface area contributed by atoms with Crippen LogP contribution in [0.15, 0.2) is 48.5 Å². The summed E-state index contributed by atoms with van der Waals surface area (Å²) < 4.78 is 40.5. The van der Waals surface area contributed by atoms with Gasteiger partial charge in [-0.3, -0.25) is 14.5 Å². The zero-order valence-electron chi connectivity index (χ0n) is 15.5. The summed E-state index contributed by atoms with van der Waals surface area (Å²) in [7, 11) is 0. The van der Waals surface area contributed by atoms with Crippen molar-refractivity contribution in [3.05, 3.63) is 64.9 Å². The summed E-state index contributed by atoms with van der Waals surface area (Å²) in [5.74, 6) is -3.85. The van der Waals surface area contributed by atoms with Crippen molar-refractivity contribution in [3.63, 3.8) is 0 Å². The smallest absolute Gasteiger partial charge is 0.248 e. The second-order valence-electron chi connectivity index (χ2n) is 7.06. The van der Waals surface area contributed by atoms with Gasteiger partial charge in [-0.15, -0.1) is 0 Å². The maximum Gasteiger partial charge on any atom is 0.248 e. The zero-order chi connectivity index (χ0) is 21.0. The first-order valence-electron chi connectivity index (χ1n) is 9.22. The van der Waals surface area contributed by atoms with Crippen LogP contribution in [0.5, 0.6) is 0 Å². The number of nitrogens with one attached hydrogen (secondary N) is 1. The Morgan fingerprint density at radius 3 is 2.48 bits per heavy atom.